The topological polar surface area (TPSA) is 116 Å². The molecular weight excluding hydrogens is 442 g/mol. The average Bonchev–Trinajstić information content (AvgIpc) is 3.40. The first-order valence-corrected chi connectivity index (χ1v) is 13.0. The number of esters is 1. The molecule has 2 aromatic heterocycles. The lowest BCUT2D eigenvalue weighted by Crippen LogP contribution is -2.46. The minimum absolute atomic E-state index is 0.0586. The maximum Gasteiger partial charge on any atom is 0.349 e. The molecular formula is C20H25N3O6S2. The first kappa shape index (κ1) is 21.9. The zero-order valence-electron chi connectivity index (χ0n) is 17.7. The second-order valence-corrected chi connectivity index (χ2v) is 11.3. The summed E-state index contributed by atoms with van der Waals surface area (Å²) in [6.45, 7) is 5.90. The second-order valence-electron chi connectivity index (χ2n) is 8.05. The molecule has 0 saturated carbocycles. The van der Waals surface area contributed by atoms with Crippen LogP contribution in [0.25, 0.3) is 10.2 Å². The number of aromatic nitrogens is 2. The Morgan fingerprint density at radius 1 is 1.39 bits per heavy atom. The van der Waals surface area contributed by atoms with Crippen LogP contribution in [-0.4, -0.2) is 64.9 Å². The molecule has 2 unspecified atom stereocenters. The Morgan fingerprint density at radius 3 is 2.77 bits per heavy atom. The Morgan fingerprint density at radius 2 is 2.13 bits per heavy atom. The van der Waals surface area contributed by atoms with Gasteiger partial charge in [0, 0.05) is 25.6 Å². The summed E-state index contributed by atoms with van der Waals surface area (Å²) in [6, 6.07) is -0.402. The van der Waals surface area contributed by atoms with Gasteiger partial charge in [0.15, 0.2) is 15.9 Å². The molecule has 1 amide bonds. The van der Waals surface area contributed by atoms with Crippen LogP contribution >= 0.6 is 11.3 Å². The van der Waals surface area contributed by atoms with Crippen molar-refractivity contribution in [2.75, 3.05) is 18.1 Å². The largest absolute Gasteiger partial charge is 0.448 e. The fraction of sp³-hybridized carbons (Fsp3) is 0.600. The van der Waals surface area contributed by atoms with Gasteiger partial charge in [-0.15, -0.1) is 11.3 Å². The highest BCUT2D eigenvalue weighted by Gasteiger charge is 2.36. The number of sulfone groups is 1. The number of thiophene rings is 1. The molecule has 168 valence electrons. The maximum atomic E-state index is 12.9. The summed E-state index contributed by atoms with van der Waals surface area (Å²) >= 11 is 1.10. The third-order valence-electron chi connectivity index (χ3n) is 6.00. The first-order chi connectivity index (χ1) is 14.6. The van der Waals surface area contributed by atoms with Crippen molar-refractivity contribution in [2.45, 2.75) is 58.7 Å². The molecule has 2 atom stereocenters. The highest BCUT2D eigenvalue weighted by atomic mass is 32.2. The van der Waals surface area contributed by atoms with Crippen LogP contribution in [0.3, 0.4) is 0 Å². The first-order valence-electron chi connectivity index (χ1n) is 10.4. The minimum atomic E-state index is -3.14. The van der Waals surface area contributed by atoms with E-state index in [9.17, 15) is 22.8 Å². The fourth-order valence-corrected chi connectivity index (χ4v) is 7.19. The van der Waals surface area contributed by atoms with E-state index in [0.29, 0.717) is 35.3 Å². The number of amides is 1. The van der Waals surface area contributed by atoms with Gasteiger partial charge in [-0.1, -0.05) is 0 Å². The monoisotopic (exact) mass is 467 g/mol. The number of likely N-dealkylation sites (N-methyl/N-ethyl adjacent to an activating group) is 1. The van der Waals surface area contributed by atoms with Crippen molar-refractivity contribution >= 4 is 43.3 Å². The van der Waals surface area contributed by atoms with E-state index in [0.717, 1.165) is 30.0 Å². The molecule has 2 aliphatic rings. The molecule has 4 rings (SSSR count). The Labute approximate surface area is 183 Å². The number of hydrogen-bond acceptors (Lipinski definition) is 8. The summed E-state index contributed by atoms with van der Waals surface area (Å²) in [6.07, 6.45) is 0.929. The fourth-order valence-electron chi connectivity index (χ4n) is 4.38. The molecule has 9 nitrogen and oxygen atoms in total. The van der Waals surface area contributed by atoms with E-state index >= 15 is 0 Å². The van der Waals surface area contributed by atoms with Crippen LogP contribution in [0.15, 0.2) is 4.79 Å². The Hall–Kier alpha value is -2.27. The molecule has 0 spiro atoms. The molecule has 0 aliphatic carbocycles. The van der Waals surface area contributed by atoms with E-state index in [-0.39, 0.29) is 21.9 Å². The molecule has 31 heavy (non-hydrogen) atoms. The van der Waals surface area contributed by atoms with Crippen molar-refractivity contribution < 1.29 is 22.7 Å². The van der Waals surface area contributed by atoms with Gasteiger partial charge in [0.25, 0.3) is 11.5 Å². The number of ether oxygens (including phenoxy) is 1. The van der Waals surface area contributed by atoms with Gasteiger partial charge in [-0.25, -0.2) is 18.2 Å². The Bertz CT molecular complexity index is 1230. The maximum absolute atomic E-state index is 12.9. The standard InChI is InChI=1S/C20H25N3O6S2/c1-4-22(13-7-9-31(27,28)10-13)18(24)12(3)29-20(26)16-11(2)15-17(30-16)21-14-6-5-8-23(14)19(15)25/h12-13H,4-10H2,1-3H3. The van der Waals surface area contributed by atoms with Crippen molar-refractivity contribution in [3.8, 4) is 0 Å². The van der Waals surface area contributed by atoms with E-state index in [4.69, 9.17) is 4.74 Å². The van der Waals surface area contributed by atoms with E-state index in [2.05, 4.69) is 4.98 Å². The molecule has 0 radical (unpaired) electrons. The molecule has 1 saturated heterocycles. The number of fused-ring (bicyclic) bond motifs is 2. The highest BCUT2D eigenvalue weighted by molar-refractivity contribution is 7.91. The summed E-state index contributed by atoms with van der Waals surface area (Å²) in [5.74, 6) is -0.381. The SMILES string of the molecule is CCN(C(=O)C(C)OC(=O)c1sc2nc3n(c(=O)c2c1C)CCC3)C1CCS(=O)(=O)C1. The van der Waals surface area contributed by atoms with E-state index in [1.165, 1.54) is 11.8 Å². The second kappa shape index (κ2) is 8.01. The number of carbonyl (C=O) groups excluding carboxylic acids is 2. The van der Waals surface area contributed by atoms with Gasteiger partial charge in [0.1, 0.15) is 15.5 Å². The van der Waals surface area contributed by atoms with Gasteiger partial charge in [-0.05, 0) is 39.2 Å². The quantitative estimate of drug-likeness (QED) is 0.609. The summed E-state index contributed by atoms with van der Waals surface area (Å²) in [5, 5.41) is 0.424. The Kier molecular flexibility index (Phi) is 5.67. The zero-order chi connectivity index (χ0) is 22.5. The smallest absolute Gasteiger partial charge is 0.349 e. The number of rotatable bonds is 5. The normalized spacial score (nSPS) is 20.5. The zero-order valence-corrected chi connectivity index (χ0v) is 19.3. The van der Waals surface area contributed by atoms with Crippen LogP contribution in [0.1, 0.15) is 47.7 Å². The molecule has 0 aromatic carbocycles. The molecule has 0 N–H and O–H groups in total. The predicted molar refractivity (Wildman–Crippen MR) is 116 cm³/mol. The Balaban J connectivity index is 1.54. The van der Waals surface area contributed by atoms with Crippen molar-refractivity contribution in [3.05, 3.63) is 26.6 Å². The lowest BCUT2D eigenvalue weighted by Gasteiger charge is -2.29. The molecule has 0 bridgehead atoms. The van der Waals surface area contributed by atoms with Crippen LogP contribution in [0.5, 0.6) is 0 Å². The summed E-state index contributed by atoms with van der Waals surface area (Å²) in [7, 11) is -3.14. The lowest BCUT2D eigenvalue weighted by atomic mass is 10.2. The highest BCUT2D eigenvalue weighted by Crippen LogP contribution is 2.29. The third-order valence-corrected chi connectivity index (χ3v) is 8.92. The van der Waals surface area contributed by atoms with Crippen LogP contribution in [-0.2, 0) is 32.3 Å². The van der Waals surface area contributed by atoms with Crippen molar-refractivity contribution in [1.29, 1.82) is 0 Å². The van der Waals surface area contributed by atoms with Crippen LogP contribution in [0.4, 0.5) is 0 Å². The predicted octanol–water partition coefficient (Wildman–Crippen LogP) is 1.29. The lowest BCUT2D eigenvalue weighted by molar-refractivity contribution is -0.141. The van der Waals surface area contributed by atoms with E-state index in [1.807, 2.05) is 0 Å². The van der Waals surface area contributed by atoms with Crippen molar-refractivity contribution in [1.82, 2.24) is 14.5 Å². The van der Waals surface area contributed by atoms with Gasteiger partial charge in [-0.2, -0.15) is 0 Å². The molecule has 2 aromatic rings. The summed E-state index contributed by atoms with van der Waals surface area (Å²) in [5.41, 5.74) is 0.368. The van der Waals surface area contributed by atoms with Crippen LogP contribution in [0.2, 0.25) is 0 Å². The van der Waals surface area contributed by atoms with Crippen LogP contribution < -0.4 is 5.56 Å². The van der Waals surface area contributed by atoms with E-state index in [1.54, 1.807) is 18.4 Å². The van der Waals surface area contributed by atoms with Gasteiger partial charge >= 0.3 is 5.97 Å². The van der Waals surface area contributed by atoms with Crippen molar-refractivity contribution in [2.24, 2.45) is 0 Å². The summed E-state index contributed by atoms with van der Waals surface area (Å²) in [4.78, 5) is 45.3. The van der Waals surface area contributed by atoms with E-state index < -0.39 is 33.9 Å². The number of carbonyl (C=O) groups is 2. The summed E-state index contributed by atoms with van der Waals surface area (Å²) < 4.78 is 30.7. The van der Waals surface area contributed by atoms with Gasteiger partial charge in [-0.3, -0.25) is 14.2 Å². The molecule has 2 aliphatic heterocycles. The molecule has 11 heteroatoms. The van der Waals surface area contributed by atoms with Gasteiger partial charge in [0.05, 0.1) is 16.9 Å². The van der Waals surface area contributed by atoms with Crippen molar-refractivity contribution in [3.63, 3.8) is 0 Å². The van der Waals surface area contributed by atoms with Gasteiger partial charge in [0.2, 0.25) is 0 Å². The average molecular weight is 468 g/mol. The number of aryl methyl sites for hydroxylation is 2. The third kappa shape index (κ3) is 3.89. The number of nitrogens with zero attached hydrogens (tertiary/aromatic N) is 3. The minimum Gasteiger partial charge on any atom is -0.448 e. The van der Waals surface area contributed by atoms with Crippen LogP contribution in [0, 0.1) is 6.92 Å². The number of hydrogen-bond donors (Lipinski definition) is 0. The van der Waals surface area contributed by atoms with Gasteiger partial charge < -0.3 is 9.64 Å². The molecule has 1 fully saturated rings. The molecule has 4 heterocycles.